The summed E-state index contributed by atoms with van der Waals surface area (Å²) in [5.41, 5.74) is 1.74. The van der Waals surface area contributed by atoms with E-state index < -0.39 is 0 Å². The third-order valence-electron chi connectivity index (χ3n) is 3.40. The molecule has 1 aliphatic heterocycles. The maximum absolute atomic E-state index is 11.5. The summed E-state index contributed by atoms with van der Waals surface area (Å²) < 4.78 is 5.77. The predicted molar refractivity (Wildman–Crippen MR) is 76.9 cm³/mol. The molecule has 0 spiro atoms. The van der Waals surface area contributed by atoms with E-state index in [4.69, 9.17) is 4.74 Å². The maximum atomic E-state index is 11.5. The van der Waals surface area contributed by atoms with Gasteiger partial charge in [0.05, 0.1) is 12.3 Å². The molecule has 1 saturated heterocycles. The van der Waals surface area contributed by atoms with Crippen molar-refractivity contribution in [3.63, 3.8) is 0 Å². The number of aromatic nitrogens is 2. The Kier molecular flexibility index (Phi) is 3.52. The third-order valence-corrected chi connectivity index (χ3v) is 3.40. The molecule has 1 N–H and O–H groups in total. The highest BCUT2D eigenvalue weighted by Gasteiger charge is 2.23. The highest BCUT2D eigenvalue weighted by atomic mass is 16.5. The summed E-state index contributed by atoms with van der Waals surface area (Å²) in [6, 6.07) is 11.7. The molecule has 0 saturated carbocycles. The van der Waals surface area contributed by atoms with Crippen molar-refractivity contribution < 1.29 is 4.74 Å². The standard InChI is InChI=1S/C15H17N3O2/c1-11-16-13(9-15(19)17-11)14-10-18(7-8-20-14)12-5-3-2-4-6-12/h2-6,9,14H,7-8,10H2,1H3,(H,16,17,19)/t14-/m1/s1. The first kappa shape index (κ1) is 12.9. The van der Waals surface area contributed by atoms with Gasteiger partial charge in [0.15, 0.2) is 0 Å². The zero-order chi connectivity index (χ0) is 13.9. The largest absolute Gasteiger partial charge is 0.368 e. The average molecular weight is 271 g/mol. The maximum Gasteiger partial charge on any atom is 0.251 e. The molecule has 20 heavy (non-hydrogen) atoms. The van der Waals surface area contributed by atoms with Crippen LogP contribution in [0.25, 0.3) is 0 Å². The lowest BCUT2D eigenvalue weighted by molar-refractivity contribution is 0.0368. The topological polar surface area (TPSA) is 58.2 Å². The van der Waals surface area contributed by atoms with Gasteiger partial charge in [0, 0.05) is 24.8 Å². The van der Waals surface area contributed by atoms with Crippen LogP contribution >= 0.6 is 0 Å². The molecule has 1 atom stereocenters. The molecule has 104 valence electrons. The lowest BCUT2D eigenvalue weighted by atomic mass is 10.1. The second kappa shape index (κ2) is 5.46. The SMILES string of the molecule is Cc1nc([C@H]2CN(c3ccccc3)CCO2)cc(=O)[nH]1. The first-order valence-electron chi connectivity index (χ1n) is 6.72. The van der Waals surface area contributed by atoms with Crippen LogP contribution in [0.2, 0.25) is 0 Å². The molecule has 3 rings (SSSR count). The summed E-state index contributed by atoms with van der Waals surface area (Å²) in [5.74, 6) is 0.618. The van der Waals surface area contributed by atoms with Gasteiger partial charge in [-0.25, -0.2) is 4.98 Å². The zero-order valence-electron chi connectivity index (χ0n) is 11.4. The Hall–Kier alpha value is -2.14. The van der Waals surface area contributed by atoms with Crippen molar-refractivity contribution >= 4 is 5.69 Å². The van der Waals surface area contributed by atoms with Crippen molar-refractivity contribution in [1.29, 1.82) is 0 Å². The van der Waals surface area contributed by atoms with Crippen LogP contribution in [0.1, 0.15) is 17.6 Å². The van der Waals surface area contributed by atoms with Crippen molar-refractivity contribution in [3.8, 4) is 0 Å². The van der Waals surface area contributed by atoms with Gasteiger partial charge < -0.3 is 14.6 Å². The van der Waals surface area contributed by atoms with Crippen LogP contribution in [0.5, 0.6) is 0 Å². The van der Waals surface area contributed by atoms with E-state index >= 15 is 0 Å². The number of anilines is 1. The van der Waals surface area contributed by atoms with E-state index in [0.717, 1.165) is 6.54 Å². The fourth-order valence-electron chi connectivity index (χ4n) is 2.47. The van der Waals surface area contributed by atoms with Crippen LogP contribution in [0.4, 0.5) is 5.69 Å². The number of hydrogen-bond donors (Lipinski definition) is 1. The number of aryl methyl sites for hydroxylation is 1. The second-order valence-corrected chi connectivity index (χ2v) is 4.90. The van der Waals surface area contributed by atoms with Crippen molar-refractivity contribution in [2.24, 2.45) is 0 Å². The molecule has 5 nitrogen and oxygen atoms in total. The highest BCUT2D eigenvalue weighted by Crippen LogP contribution is 2.24. The van der Waals surface area contributed by atoms with Crippen molar-refractivity contribution in [2.75, 3.05) is 24.6 Å². The van der Waals surface area contributed by atoms with Gasteiger partial charge in [0.2, 0.25) is 0 Å². The Morgan fingerprint density at radius 1 is 1.35 bits per heavy atom. The molecule has 0 radical (unpaired) electrons. The molecule has 5 heteroatoms. The quantitative estimate of drug-likeness (QED) is 0.902. The third kappa shape index (κ3) is 2.72. The number of para-hydroxylation sites is 1. The summed E-state index contributed by atoms with van der Waals surface area (Å²) in [4.78, 5) is 20.8. The lowest BCUT2D eigenvalue weighted by Gasteiger charge is -2.34. The summed E-state index contributed by atoms with van der Waals surface area (Å²) in [6.45, 7) is 3.97. The van der Waals surface area contributed by atoms with Crippen LogP contribution in [0.3, 0.4) is 0 Å². The van der Waals surface area contributed by atoms with Gasteiger partial charge in [-0.2, -0.15) is 0 Å². The van der Waals surface area contributed by atoms with Gasteiger partial charge in [-0.3, -0.25) is 4.79 Å². The number of aromatic amines is 1. The van der Waals surface area contributed by atoms with Crippen molar-refractivity contribution in [2.45, 2.75) is 13.0 Å². The number of rotatable bonds is 2. The molecular weight excluding hydrogens is 254 g/mol. The number of morpholine rings is 1. The van der Waals surface area contributed by atoms with Crippen LogP contribution in [0.15, 0.2) is 41.2 Å². The first-order valence-corrected chi connectivity index (χ1v) is 6.72. The van der Waals surface area contributed by atoms with Gasteiger partial charge >= 0.3 is 0 Å². The molecule has 1 aromatic carbocycles. The molecule has 2 aromatic rings. The van der Waals surface area contributed by atoms with Gasteiger partial charge in [0.1, 0.15) is 11.9 Å². The zero-order valence-corrected chi connectivity index (χ0v) is 11.4. The summed E-state index contributed by atoms with van der Waals surface area (Å²) in [5, 5.41) is 0. The van der Waals surface area contributed by atoms with Crippen LogP contribution < -0.4 is 10.5 Å². The lowest BCUT2D eigenvalue weighted by Crippen LogP contribution is -2.39. The highest BCUT2D eigenvalue weighted by molar-refractivity contribution is 5.46. The van der Waals surface area contributed by atoms with E-state index in [0.29, 0.717) is 24.7 Å². The first-order chi connectivity index (χ1) is 9.72. The number of nitrogens with one attached hydrogen (secondary N) is 1. The van der Waals surface area contributed by atoms with Gasteiger partial charge in [-0.1, -0.05) is 18.2 Å². The minimum absolute atomic E-state index is 0.132. The molecule has 2 heterocycles. The second-order valence-electron chi connectivity index (χ2n) is 4.90. The summed E-state index contributed by atoms with van der Waals surface area (Å²) in [6.07, 6.45) is -0.162. The average Bonchev–Trinajstić information content (AvgIpc) is 2.47. The van der Waals surface area contributed by atoms with Gasteiger partial charge in [-0.15, -0.1) is 0 Å². The van der Waals surface area contributed by atoms with E-state index in [1.54, 1.807) is 6.92 Å². The number of benzene rings is 1. The van der Waals surface area contributed by atoms with Gasteiger partial charge in [-0.05, 0) is 19.1 Å². The van der Waals surface area contributed by atoms with E-state index in [-0.39, 0.29) is 11.7 Å². The Labute approximate surface area is 117 Å². The number of hydrogen-bond acceptors (Lipinski definition) is 4. The Bertz CT molecular complexity index is 639. The molecule has 0 bridgehead atoms. The smallest absolute Gasteiger partial charge is 0.251 e. The predicted octanol–water partition coefficient (Wildman–Crippen LogP) is 1.66. The van der Waals surface area contributed by atoms with E-state index in [9.17, 15) is 4.79 Å². The summed E-state index contributed by atoms with van der Waals surface area (Å²) >= 11 is 0. The summed E-state index contributed by atoms with van der Waals surface area (Å²) in [7, 11) is 0. The molecule has 1 aliphatic rings. The van der Waals surface area contributed by atoms with Crippen LogP contribution in [-0.4, -0.2) is 29.7 Å². The van der Waals surface area contributed by atoms with Crippen LogP contribution in [-0.2, 0) is 4.74 Å². The minimum Gasteiger partial charge on any atom is -0.368 e. The number of ether oxygens (including phenoxy) is 1. The van der Waals surface area contributed by atoms with E-state index in [1.165, 1.54) is 11.8 Å². The van der Waals surface area contributed by atoms with Crippen molar-refractivity contribution in [1.82, 2.24) is 9.97 Å². The molecule has 0 amide bonds. The van der Waals surface area contributed by atoms with Crippen LogP contribution in [0, 0.1) is 6.92 Å². The Balaban J connectivity index is 1.83. The molecular formula is C15H17N3O2. The fourth-order valence-corrected chi connectivity index (χ4v) is 2.47. The molecule has 0 unspecified atom stereocenters. The number of H-pyrrole nitrogens is 1. The minimum atomic E-state index is -0.162. The van der Waals surface area contributed by atoms with Gasteiger partial charge in [0.25, 0.3) is 5.56 Å². The Morgan fingerprint density at radius 2 is 2.15 bits per heavy atom. The normalized spacial score (nSPS) is 19.1. The molecule has 0 aliphatic carbocycles. The van der Waals surface area contributed by atoms with E-state index in [1.807, 2.05) is 18.2 Å². The molecule has 1 aromatic heterocycles. The number of nitrogens with zero attached hydrogens (tertiary/aromatic N) is 2. The molecule has 1 fully saturated rings. The van der Waals surface area contributed by atoms with E-state index in [2.05, 4.69) is 27.0 Å². The van der Waals surface area contributed by atoms with Crippen molar-refractivity contribution in [3.05, 3.63) is 58.3 Å². The Morgan fingerprint density at radius 3 is 2.90 bits per heavy atom. The fraction of sp³-hybridized carbons (Fsp3) is 0.333. The monoisotopic (exact) mass is 271 g/mol.